The highest BCUT2D eigenvalue weighted by atomic mass is 79.9. The molecule has 2 aliphatic rings. The van der Waals surface area contributed by atoms with Crippen molar-refractivity contribution in [2.24, 2.45) is 11.1 Å². The van der Waals surface area contributed by atoms with Gasteiger partial charge >= 0.3 is 0 Å². The first-order chi connectivity index (χ1) is 6.11. The van der Waals surface area contributed by atoms with Crippen molar-refractivity contribution >= 4 is 21.8 Å². The summed E-state index contributed by atoms with van der Waals surface area (Å²) >= 11 is 3.33. The van der Waals surface area contributed by atoms with Crippen molar-refractivity contribution in [2.75, 3.05) is 0 Å². The van der Waals surface area contributed by atoms with Gasteiger partial charge in [-0.15, -0.1) is 0 Å². The lowest BCUT2D eigenvalue weighted by atomic mass is 10.2. The van der Waals surface area contributed by atoms with Gasteiger partial charge in [0.25, 0.3) is 0 Å². The summed E-state index contributed by atoms with van der Waals surface area (Å²) in [6.07, 6.45) is 5.36. The van der Waals surface area contributed by atoms with Crippen molar-refractivity contribution in [3.05, 3.63) is 16.9 Å². The summed E-state index contributed by atoms with van der Waals surface area (Å²) < 4.78 is 2.81. The van der Waals surface area contributed by atoms with Crippen molar-refractivity contribution in [3.8, 4) is 0 Å². The molecule has 0 aliphatic heterocycles. The van der Waals surface area contributed by atoms with Crippen LogP contribution >= 0.6 is 15.9 Å². The molecule has 68 valence electrons. The Balaban J connectivity index is 1.96. The molecule has 1 amide bonds. The molecule has 4 nitrogen and oxygen atoms in total. The Kier molecular flexibility index (Phi) is 1.06. The predicted molar refractivity (Wildman–Crippen MR) is 48.8 cm³/mol. The van der Waals surface area contributed by atoms with Crippen molar-refractivity contribution in [1.29, 1.82) is 0 Å². The Labute approximate surface area is 83.2 Å². The van der Waals surface area contributed by atoms with Crippen LogP contribution in [0.15, 0.2) is 16.9 Å². The summed E-state index contributed by atoms with van der Waals surface area (Å²) in [5.41, 5.74) is 5.01. The molecule has 2 N–H and O–H groups in total. The number of hydrogen-bond donors (Lipinski definition) is 1. The molecule has 1 heterocycles. The largest absolute Gasteiger partial charge is 0.369 e. The van der Waals surface area contributed by atoms with Crippen LogP contribution in [0.2, 0.25) is 0 Å². The van der Waals surface area contributed by atoms with Crippen LogP contribution in [0, 0.1) is 5.41 Å². The Morgan fingerprint density at radius 1 is 1.69 bits per heavy atom. The zero-order chi connectivity index (χ0) is 9.27. The van der Waals surface area contributed by atoms with Gasteiger partial charge in [-0.1, -0.05) is 0 Å². The Bertz CT molecular complexity index is 405. The van der Waals surface area contributed by atoms with Gasteiger partial charge in [0.1, 0.15) is 0 Å². The number of primary amides is 1. The lowest BCUT2D eigenvalue weighted by Crippen LogP contribution is -2.18. The molecule has 5 heteroatoms. The second kappa shape index (κ2) is 1.82. The van der Waals surface area contributed by atoms with E-state index >= 15 is 0 Å². The summed E-state index contributed by atoms with van der Waals surface area (Å²) in [6.45, 7) is 0. The van der Waals surface area contributed by atoms with E-state index in [4.69, 9.17) is 5.73 Å². The zero-order valence-electron chi connectivity index (χ0n) is 6.83. The van der Waals surface area contributed by atoms with Crippen LogP contribution in [0.5, 0.6) is 0 Å². The number of carbonyl (C=O) groups is 1. The molecule has 0 unspecified atom stereocenters. The molecule has 3 rings (SSSR count). The summed E-state index contributed by atoms with van der Waals surface area (Å²) in [6, 6.07) is 0. The molecule has 2 aliphatic carbocycles. The lowest BCUT2D eigenvalue weighted by molar-refractivity contribution is -0.121. The van der Waals surface area contributed by atoms with Crippen LogP contribution in [-0.2, 0) is 10.3 Å². The van der Waals surface area contributed by atoms with E-state index in [0.29, 0.717) is 0 Å². The number of carbonyl (C=O) groups excluding carboxylic acids is 1. The predicted octanol–water partition coefficient (Wildman–Crippen LogP) is 0.620. The second-order valence-electron chi connectivity index (χ2n) is 3.93. The zero-order valence-corrected chi connectivity index (χ0v) is 8.41. The van der Waals surface area contributed by atoms with E-state index in [1.54, 1.807) is 6.20 Å². The van der Waals surface area contributed by atoms with E-state index in [1.807, 2.05) is 10.9 Å². The van der Waals surface area contributed by atoms with Gasteiger partial charge in [-0.3, -0.25) is 9.48 Å². The van der Waals surface area contributed by atoms with Crippen LogP contribution in [0.25, 0.3) is 0 Å². The maximum Gasteiger partial charge on any atom is 0.226 e. The normalized spacial score (nSPS) is 39.8. The SMILES string of the molecule is NC(=O)C12CC1(n1cc(Br)cn1)C2. The number of nitrogens with two attached hydrogens (primary N) is 1. The number of nitrogens with zero attached hydrogens (tertiary/aromatic N) is 2. The van der Waals surface area contributed by atoms with E-state index in [-0.39, 0.29) is 16.9 Å². The number of halogens is 1. The summed E-state index contributed by atoms with van der Waals surface area (Å²) in [4.78, 5) is 11.1. The fourth-order valence-electron chi connectivity index (χ4n) is 2.18. The number of hydrogen-bond acceptors (Lipinski definition) is 2. The summed E-state index contributed by atoms with van der Waals surface area (Å²) in [7, 11) is 0. The Morgan fingerprint density at radius 3 is 2.77 bits per heavy atom. The van der Waals surface area contributed by atoms with Crippen molar-refractivity contribution in [1.82, 2.24) is 9.78 Å². The molecule has 0 bridgehead atoms. The standard InChI is InChI=1S/C8H8BrN3O/c9-5-1-11-12(2-5)8-3-7(8,4-8)6(10)13/h1-2H,3-4H2,(H2,10,13). The fraction of sp³-hybridized carbons (Fsp3) is 0.500. The van der Waals surface area contributed by atoms with Gasteiger partial charge in [-0.05, 0) is 28.8 Å². The quantitative estimate of drug-likeness (QED) is 0.826. The molecule has 0 radical (unpaired) electrons. The fourth-order valence-corrected chi connectivity index (χ4v) is 2.46. The summed E-state index contributed by atoms with van der Waals surface area (Å²) in [5, 5.41) is 4.18. The van der Waals surface area contributed by atoms with Crippen molar-refractivity contribution < 1.29 is 4.79 Å². The van der Waals surface area contributed by atoms with Gasteiger partial charge in [0, 0.05) is 6.20 Å². The maximum atomic E-state index is 11.1. The van der Waals surface area contributed by atoms with Gasteiger partial charge in [-0.2, -0.15) is 5.10 Å². The molecular weight excluding hydrogens is 234 g/mol. The van der Waals surface area contributed by atoms with Crippen molar-refractivity contribution in [2.45, 2.75) is 18.4 Å². The van der Waals surface area contributed by atoms with Gasteiger partial charge in [-0.25, -0.2) is 0 Å². The topological polar surface area (TPSA) is 60.9 Å². The first-order valence-corrected chi connectivity index (χ1v) is 4.91. The average Bonchev–Trinajstić information content (AvgIpc) is 2.78. The van der Waals surface area contributed by atoms with E-state index in [2.05, 4.69) is 21.0 Å². The number of aromatic nitrogens is 2. The smallest absolute Gasteiger partial charge is 0.226 e. The van der Waals surface area contributed by atoms with E-state index in [9.17, 15) is 4.79 Å². The average molecular weight is 242 g/mol. The highest BCUT2D eigenvalue weighted by Crippen LogP contribution is 2.83. The third-order valence-electron chi connectivity index (χ3n) is 3.29. The van der Waals surface area contributed by atoms with Crippen LogP contribution < -0.4 is 5.73 Å². The third-order valence-corrected chi connectivity index (χ3v) is 3.70. The molecular formula is C8H8BrN3O. The summed E-state index contributed by atoms with van der Waals surface area (Å²) in [5.74, 6) is -0.181. The van der Waals surface area contributed by atoms with E-state index < -0.39 is 0 Å². The van der Waals surface area contributed by atoms with Crippen LogP contribution in [0.3, 0.4) is 0 Å². The van der Waals surface area contributed by atoms with E-state index in [1.165, 1.54) is 0 Å². The van der Waals surface area contributed by atoms with Gasteiger partial charge in [0.2, 0.25) is 5.91 Å². The number of amides is 1. The monoisotopic (exact) mass is 241 g/mol. The molecule has 2 fully saturated rings. The highest BCUT2D eigenvalue weighted by molar-refractivity contribution is 9.10. The van der Waals surface area contributed by atoms with Gasteiger partial charge in [0.15, 0.2) is 0 Å². The second-order valence-corrected chi connectivity index (χ2v) is 4.85. The molecule has 13 heavy (non-hydrogen) atoms. The van der Waals surface area contributed by atoms with E-state index in [0.717, 1.165) is 17.3 Å². The molecule has 0 saturated heterocycles. The van der Waals surface area contributed by atoms with Crippen LogP contribution in [-0.4, -0.2) is 15.7 Å². The molecule has 1 aromatic rings. The third kappa shape index (κ3) is 0.678. The van der Waals surface area contributed by atoms with Gasteiger partial charge < -0.3 is 5.73 Å². The number of rotatable bonds is 2. The molecule has 0 atom stereocenters. The minimum atomic E-state index is -0.252. The highest BCUT2D eigenvalue weighted by Gasteiger charge is 2.88. The van der Waals surface area contributed by atoms with Crippen molar-refractivity contribution in [3.63, 3.8) is 0 Å². The minimum absolute atomic E-state index is 0.0507. The number of fused-ring (bicyclic) bond motifs is 1. The minimum Gasteiger partial charge on any atom is -0.369 e. The Hall–Kier alpha value is -0.840. The first-order valence-electron chi connectivity index (χ1n) is 4.11. The lowest BCUT2D eigenvalue weighted by Gasteiger charge is -2.00. The molecule has 1 aromatic heterocycles. The maximum absolute atomic E-state index is 11.1. The molecule has 0 aromatic carbocycles. The van der Waals surface area contributed by atoms with Gasteiger partial charge in [0.05, 0.1) is 21.6 Å². The first kappa shape index (κ1) is 7.55. The molecule has 0 spiro atoms. The van der Waals surface area contributed by atoms with Crippen LogP contribution in [0.4, 0.5) is 0 Å². The Morgan fingerprint density at radius 2 is 2.38 bits per heavy atom. The van der Waals surface area contributed by atoms with Crippen LogP contribution in [0.1, 0.15) is 12.8 Å². The molecule has 2 saturated carbocycles.